The van der Waals surface area contributed by atoms with E-state index in [0.29, 0.717) is 10.9 Å². The van der Waals surface area contributed by atoms with E-state index in [1.165, 1.54) is 12.1 Å². The molecule has 1 atom stereocenters. The van der Waals surface area contributed by atoms with E-state index in [9.17, 15) is 9.18 Å². The first-order valence-corrected chi connectivity index (χ1v) is 6.78. The Morgan fingerprint density at radius 3 is 2.76 bits per heavy atom. The van der Waals surface area contributed by atoms with Crippen LogP contribution in [0, 0.1) is 17.7 Å². The number of rotatable bonds is 3. The zero-order valence-electron chi connectivity index (χ0n) is 12.0. The van der Waals surface area contributed by atoms with Crippen molar-refractivity contribution in [3.05, 3.63) is 54.0 Å². The van der Waals surface area contributed by atoms with Gasteiger partial charge >= 0.3 is 0 Å². The fourth-order valence-corrected chi connectivity index (χ4v) is 2.21. The van der Waals surface area contributed by atoms with Crippen molar-refractivity contribution in [1.82, 2.24) is 4.48 Å². The van der Waals surface area contributed by atoms with Crippen molar-refractivity contribution >= 4 is 11.6 Å². The minimum atomic E-state index is -0.349. The average molecular weight is 285 g/mol. The monoisotopic (exact) mass is 285 g/mol. The van der Waals surface area contributed by atoms with Crippen molar-refractivity contribution in [2.45, 2.75) is 12.8 Å². The van der Waals surface area contributed by atoms with Crippen LogP contribution in [0.4, 0.5) is 10.1 Å². The summed E-state index contributed by atoms with van der Waals surface area (Å²) in [6.45, 7) is 0.752. The second kappa shape index (κ2) is 6.38. The summed E-state index contributed by atoms with van der Waals surface area (Å²) in [5.74, 6) is 5.49. The van der Waals surface area contributed by atoms with Gasteiger partial charge in [0.2, 0.25) is 5.91 Å². The Morgan fingerprint density at radius 1 is 1.38 bits per heavy atom. The molecule has 108 valence electrons. The second-order valence-electron chi connectivity index (χ2n) is 5.10. The fraction of sp³-hybridized carbons (Fsp3) is 0.235. The van der Waals surface area contributed by atoms with Crippen molar-refractivity contribution in [2.75, 3.05) is 13.6 Å². The number of benzene rings is 1. The molecule has 0 spiro atoms. The van der Waals surface area contributed by atoms with E-state index in [1.54, 1.807) is 12.1 Å². The molecule has 1 aromatic carbocycles. The van der Waals surface area contributed by atoms with E-state index in [0.717, 1.165) is 17.9 Å². The summed E-state index contributed by atoms with van der Waals surface area (Å²) >= 11 is 0. The lowest BCUT2D eigenvalue weighted by molar-refractivity contribution is -0.117. The normalized spacial score (nSPS) is 20.4. The molecule has 1 heterocycles. The van der Waals surface area contributed by atoms with Gasteiger partial charge in [0, 0.05) is 31.1 Å². The van der Waals surface area contributed by atoms with E-state index >= 15 is 0 Å². The molecule has 1 aliphatic heterocycles. The van der Waals surface area contributed by atoms with Gasteiger partial charge in [-0.1, -0.05) is 12.0 Å². The van der Waals surface area contributed by atoms with Crippen LogP contribution >= 0.6 is 0 Å². The quantitative estimate of drug-likeness (QED) is 0.673. The van der Waals surface area contributed by atoms with Crippen LogP contribution < -0.4 is 10.2 Å². The molecule has 0 bridgehead atoms. The Morgan fingerprint density at radius 2 is 2.10 bits per heavy atom. The first-order chi connectivity index (χ1) is 10.0. The van der Waals surface area contributed by atoms with Crippen LogP contribution in [0.25, 0.3) is 0 Å². The lowest BCUT2D eigenvalue weighted by Gasteiger charge is -2.33. The molecule has 21 heavy (non-hydrogen) atoms. The summed E-state index contributed by atoms with van der Waals surface area (Å²) in [6.07, 6.45) is 6.67. The molecule has 1 amide bonds. The summed E-state index contributed by atoms with van der Waals surface area (Å²) < 4.78 is 13.6. The molecule has 0 radical (unpaired) electrons. The molecule has 0 fully saturated rings. The van der Waals surface area contributed by atoms with Crippen molar-refractivity contribution in [3.63, 3.8) is 0 Å². The van der Waals surface area contributed by atoms with Crippen LogP contribution in [0.15, 0.2) is 48.2 Å². The maximum atomic E-state index is 13.1. The smallest absolute Gasteiger partial charge is 0.218 e. The van der Waals surface area contributed by atoms with Gasteiger partial charge in [-0.15, -0.1) is 0 Å². The SMILES string of the molecule is C[N+]1(c2ccc(F)cc2)CC=CC=C1C#CCCC(N)=O. The predicted octanol–water partition coefficient (Wildman–Crippen LogP) is 2.49. The second-order valence-corrected chi connectivity index (χ2v) is 5.10. The highest BCUT2D eigenvalue weighted by atomic mass is 19.1. The molecule has 3 nitrogen and oxygen atoms in total. The highest BCUT2D eigenvalue weighted by Crippen LogP contribution is 2.28. The summed E-state index contributed by atoms with van der Waals surface area (Å²) in [6, 6.07) is 6.45. The van der Waals surface area contributed by atoms with Gasteiger partial charge in [-0.3, -0.25) is 9.28 Å². The molecule has 1 aromatic rings. The fourth-order valence-electron chi connectivity index (χ4n) is 2.21. The average Bonchev–Trinajstić information content (AvgIpc) is 2.45. The minimum Gasteiger partial charge on any atom is -0.370 e. The van der Waals surface area contributed by atoms with Crippen molar-refractivity contribution in [2.24, 2.45) is 5.73 Å². The third kappa shape index (κ3) is 3.59. The number of amides is 1. The largest absolute Gasteiger partial charge is 0.370 e. The number of quaternary nitrogens is 1. The van der Waals surface area contributed by atoms with E-state index < -0.39 is 0 Å². The third-order valence-corrected chi connectivity index (χ3v) is 3.50. The van der Waals surface area contributed by atoms with Gasteiger partial charge in [0.25, 0.3) is 0 Å². The van der Waals surface area contributed by atoms with Gasteiger partial charge in [-0.05, 0) is 24.1 Å². The molecule has 2 N–H and O–H groups in total. The molecule has 4 heteroatoms. The molecular weight excluding hydrogens is 267 g/mol. The van der Waals surface area contributed by atoms with Crippen molar-refractivity contribution in [3.8, 4) is 11.8 Å². The number of primary amides is 1. The van der Waals surface area contributed by atoms with E-state index in [4.69, 9.17) is 5.73 Å². The maximum absolute atomic E-state index is 13.1. The number of nitrogens with zero attached hydrogens (tertiary/aromatic N) is 1. The van der Waals surface area contributed by atoms with Gasteiger partial charge in [0.05, 0.1) is 7.05 Å². The number of hydrogen-bond donors (Lipinski definition) is 1. The minimum absolute atomic E-state index is 0.254. The van der Waals surface area contributed by atoms with Crippen LogP contribution in [0.5, 0.6) is 0 Å². The molecule has 0 saturated carbocycles. The van der Waals surface area contributed by atoms with Gasteiger partial charge in [0.15, 0.2) is 5.70 Å². The summed E-state index contributed by atoms with van der Waals surface area (Å²) in [7, 11) is 2.03. The Balaban J connectivity index is 2.25. The predicted molar refractivity (Wildman–Crippen MR) is 82.4 cm³/mol. The molecule has 0 aliphatic carbocycles. The molecule has 1 aliphatic rings. The van der Waals surface area contributed by atoms with Gasteiger partial charge < -0.3 is 5.73 Å². The van der Waals surface area contributed by atoms with E-state index in [-0.39, 0.29) is 18.1 Å². The number of carbonyl (C=O) groups is 1. The zero-order valence-corrected chi connectivity index (χ0v) is 12.0. The lowest BCUT2D eigenvalue weighted by atomic mass is 10.1. The zero-order chi connectivity index (χ0) is 15.3. The summed E-state index contributed by atoms with van der Waals surface area (Å²) in [4.78, 5) is 10.7. The van der Waals surface area contributed by atoms with Crippen LogP contribution in [0.3, 0.4) is 0 Å². The van der Waals surface area contributed by atoms with Gasteiger partial charge in [-0.2, -0.15) is 0 Å². The highest BCUT2D eigenvalue weighted by Gasteiger charge is 2.30. The number of nitrogens with two attached hydrogens (primary N) is 1. The topological polar surface area (TPSA) is 43.1 Å². The standard InChI is InChI=1S/C17H17FN2O/c1-20(16-11-9-14(18)10-12-16)13-5-4-7-15(20)6-2-3-8-17(19)21/h4-5,7,9-12H,3,8,13H2,1H3,(H-,19,21)/p+1. The third-order valence-electron chi connectivity index (χ3n) is 3.50. The van der Waals surface area contributed by atoms with Crippen LogP contribution in [0.1, 0.15) is 12.8 Å². The van der Waals surface area contributed by atoms with Gasteiger partial charge in [-0.25, -0.2) is 4.39 Å². The summed E-state index contributed by atoms with van der Waals surface area (Å²) in [5.41, 5.74) is 6.98. The molecule has 0 aromatic heterocycles. The van der Waals surface area contributed by atoms with Crippen LogP contribution in [-0.2, 0) is 4.79 Å². The Hall–Kier alpha value is -2.38. The number of carbonyl (C=O) groups excluding carboxylic acids is 1. The van der Waals surface area contributed by atoms with Crippen LogP contribution in [-0.4, -0.2) is 19.5 Å². The number of halogens is 1. The first kappa shape index (κ1) is 15.0. The van der Waals surface area contributed by atoms with Gasteiger partial charge in [0.1, 0.15) is 18.0 Å². The van der Waals surface area contributed by atoms with E-state index in [2.05, 4.69) is 17.9 Å². The molecule has 0 saturated heterocycles. The number of hydrogen-bond acceptors (Lipinski definition) is 1. The Labute approximate surface area is 124 Å². The highest BCUT2D eigenvalue weighted by molar-refractivity contribution is 5.74. The number of allylic oxidation sites excluding steroid dienone is 3. The van der Waals surface area contributed by atoms with Crippen LogP contribution in [0.2, 0.25) is 0 Å². The maximum Gasteiger partial charge on any atom is 0.218 e. The van der Waals surface area contributed by atoms with E-state index in [1.807, 2.05) is 19.2 Å². The molecule has 1 unspecified atom stereocenters. The molecular formula is C17H18FN2O+. The van der Waals surface area contributed by atoms with Crippen molar-refractivity contribution in [1.29, 1.82) is 0 Å². The first-order valence-electron chi connectivity index (χ1n) is 6.78. The Bertz CT molecular complexity index is 650. The lowest BCUT2D eigenvalue weighted by Crippen LogP contribution is -2.44. The summed E-state index contributed by atoms with van der Waals surface area (Å²) in [5, 5.41) is 0. The van der Waals surface area contributed by atoms with Crippen molar-refractivity contribution < 1.29 is 9.18 Å². The number of likely N-dealkylation sites (N-methyl/N-ethyl adjacent to an activating group) is 1. The molecule has 2 rings (SSSR count). The Kier molecular flexibility index (Phi) is 4.56.